The molecule has 0 amide bonds. The van der Waals surface area contributed by atoms with Gasteiger partial charge in [-0.3, -0.25) is 0 Å². The van der Waals surface area contributed by atoms with Crippen LogP contribution in [-0.4, -0.2) is 32.5 Å². The van der Waals surface area contributed by atoms with Crippen molar-refractivity contribution in [3.05, 3.63) is 0 Å². The summed E-state index contributed by atoms with van der Waals surface area (Å²) in [6.07, 6.45) is 8.08. The smallest absolute Gasteiger partial charge is 0.150 e. The summed E-state index contributed by atoms with van der Waals surface area (Å²) in [7, 11) is -2.70. The molecule has 0 spiro atoms. The lowest BCUT2D eigenvalue weighted by Crippen LogP contribution is -2.37. The van der Waals surface area contributed by atoms with Gasteiger partial charge in [0.15, 0.2) is 0 Å². The third kappa shape index (κ3) is 5.85. The molecular weight excluding hydrogens is 222 g/mol. The van der Waals surface area contributed by atoms with Gasteiger partial charge in [-0.15, -0.1) is 0 Å². The second-order valence-electron chi connectivity index (χ2n) is 4.79. The summed E-state index contributed by atoms with van der Waals surface area (Å²) in [6.45, 7) is 3.27. The summed E-state index contributed by atoms with van der Waals surface area (Å²) >= 11 is 0. The van der Waals surface area contributed by atoms with Crippen LogP contribution in [0.1, 0.15) is 51.9 Å². The van der Waals surface area contributed by atoms with E-state index >= 15 is 0 Å². The normalized spacial score (nSPS) is 21.1. The summed E-state index contributed by atoms with van der Waals surface area (Å²) in [5, 5.41) is 3.47. The number of rotatable bonds is 7. The van der Waals surface area contributed by atoms with E-state index in [1.54, 1.807) is 0 Å². The standard InChI is InChI=1S/C12H25NO2S/c1-2-3-4-5-6-9-13-12-7-10-16(14,15)11-8-12/h12-13H,2-11H2,1H3. The zero-order chi connectivity index (χ0) is 11.9. The summed E-state index contributed by atoms with van der Waals surface area (Å²) in [6, 6.07) is 0.440. The predicted molar refractivity (Wildman–Crippen MR) is 68.4 cm³/mol. The van der Waals surface area contributed by atoms with Crippen LogP contribution < -0.4 is 5.32 Å². The monoisotopic (exact) mass is 247 g/mol. The van der Waals surface area contributed by atoms with Crippen LogP contribution in [0.15, 0.2) is 0 Å². The Morgan fingerprint density at radius 1 is 1.06 bits per heavy atom. The molecule has 96 valence electrons. The zero-order valence-corrected chi connectivity index (χ0v) is 11.2. The molecule has 1 fully saturated rings. The number of nitrogens with one attached hydrogen (secondary N) is 1. The maximum atomic E-state index is 11.2. The van der Waals surface area contributed by atoms with Crippen molar-refractivity contribution in [1.82, 2.24) is 5.32 Å². The van der Waals surface area contributed by atoms with E-state index in [0.717, 1.165) is 19.4 Å². The van der Waals surface area contributed by atoms with Gasteiger partial charge in [0.1, 0.15) is 9.84 Å². The zero-order valence-electron chi connectivity index (χ0n) is 10.4. The fraction of sp³-hybridized carbons (Fsp3) is 1.00. The molecule has 0 atom stereocenters. The number of unbranched alkanes of at least 4 members (excludes halogenated alkanes) is 4. The van der Waals surface area contributed by atoms with Crippen LogP contribution in [-0.2, 0) is 9.84 Å². The minimum absolute atomic E-state index is 0.375. The minimum atomic E-state index is -2.70. The van der Waals surface area contributed by atoms with Crippen molar-refractivity contribution < 1.29 is 8.42 Å². The van der Waals surface area contributed by atoms with Gasteiger partial charge in [0.25, 0.3) is 0 Å². The molecule has 1 rings (SSSR count). The fourth-order valence-electron chi connectivity index (χ4n) is 2.13. The second kappa shape index (κ2) is 7.28. The Hall–Kier alpha value is -0.0900. The van der Waals surface area contributed by atoms with Gasteiger partial charge in [-0.2, -0.15) is 0 Å². The molecular formula is C12H25NO2S. The quantitative estimate of drug-likeness (QED) is 0.701. The predicted octanol–water partition coefficient (Wildman–Crippen LogP) is 2.12. The maximum absolute atomic E-state index is 11.2. The molecule has 0 radical (unpaired) electrons. The van der Waals surface area contributed by atoms with E-state index in [1.165, 1.54) is 32.1 Å². The van der Waals surface area contributed by atoms with Crippen LogP contribution in [0.5, 0.6) is 0 Å². The number of hydrogen-bond acceptors (Lipinski definition) is 3. The molecule has 0 aromatic carbocycles. The molecule has 4 heteroatoms. The Kier molecular flexibility index (Phi) is 6.36. The molecule has 0 saturated carbocycles. The van der Waals surface area contributed by atoms with E-state index in [2.05, 4.69) is 12.2 Å². The van der Waals surface area contributed by atoms with Crippen molar-refractivity contribution in [2.24, 2.45) is 0 Å². The first-order chi connectivity index (χ1) is 7.64. The first-order valence-corrected chi connectivity index (χ1v) is 8.40. The summed E-state index contributed by atoms with van der Waals surface area (Å²) in [5.41, 5.74) is 0. The molecule has 0 aromatic heterocycles. The molecule has 16 heavy (non-hydrogen) atoms. The molecule has 1 aliphatic heterocycles. The highest BCUT2D eigenvalue weighted by molar-refractivity contribution is 7.91. The van der Waals surface area contributed by atoms with Gasteiger partial charge in [0, 0.05) is 6.04 Å². The summed E-state index contributed by atoms with van der Waals surface area (Å²) < 4.78 is 22.4. The van der Waals surface area contributed by atoms with Gasteiger partial charge < -0.3 is 5.32 Å². The lowest BCUT2D eigenvalue weighted by molar-refractivity contribution is 0.452. The van der Waals surface area contributed by atoms with E-state index < -0.39 is 9.84 Å². The highest BCUT2D eigenvalue weighted by Crippen LogP contribution is 2.12. The topological polar surface area (TPSA) is 46.2 Å². The highest BCUT2D eigenvalue weighted by Gasteiger charge is 2.22. The van der Waals surface area contributed by atoms with Crippen LogP contribution in [0, 0.1) is 0 Å². The molecule has 0 unspecified atom stereocenters. The van der Waals surface area contributed by atoms with E-state index in [4.69, 9.17) is 0 Å². The molecule has 3 nitrogen and oxygen atoms in total. The Morgan fingerprint density at radius 3 is 2.31 bits per heavy atom. The number of hydrogen-bond donors (Lipinski definition) is 1. The van der Waals surface area contributed by atoms with Crippen LogP contribution in [0.3, 0.4) is 0 Å². The molecule has 0 aliphatic carbocycles. The van der Waals surface area contributed by atoms with Crippen molar-refractivity contribution in [3.63, 3.8) is 0 Å². The second-order valence-corrected chi connectivity index (χ2v) is 7.10. The van der Waals surface area contributed by atoms with Gasteiger partial charge in [-0.25, -0.2) is 8.42 Å². The first kappa shape index (κ1) is 14.0. The summed E-state index contributed by atoms with van der Waals surface area (Å²) in [5.74, 6) is 0.751. The van der Waals surface area contributed by atoms with Crippen LogP contribution >= 0.6 is 0 Å². The van der Waals surface area contributed by atoms with Crippen LogP contribution in [0.2, 0.25) is 0 Å². The Morgan fingerprint density at radius 2 is 1.69 bits per heavy atom. The van der Waals surface area contributed by atoms with Crippen molar-refractivity contribution in [3.8, 4) is 0 Å². The van der Waals surface area contributed by atoms with E-state index in [9.17, 15) is 8.42 Å². The third-order valence-corrected chi connectivity index (χ3v) is 4.98. The number of sulfone groups is 1. The molecule has 1 aliphatic rings. The highest BCUT2D eigenvalue weighted by atomic mass is 32.2. The largest absolute Gasteiger partial charge is 0.314 e. The Labute approximate surface area is 99.9 Å². The Bertz CT molecular complexity index is 261. The minimum Gasteiger partial charge on any atom is -0.314 e. The molecule has 1 heterocycles. The van der Waals surface area contributed by atoms with Gasteiger partial charge in [0.2, 0.25) is 0 Å². The average Bonchev–Trinajstić information content (AvgIpc) is 2.25. The molecule has 0 aromatic rings. The molecule has 0 bridgehead atoms. The van der Waals surface area contributed by atoms with E-state index in [1.807, 2.05) is 0 Å². The van der Waals surface area contributed by atoms with E-state index in [-0.39, 0.29) is 0 Å². The SMILES string of the molecule is CCCCCCCNC1CCS(=O)(=O)CC1. The molecule has 1 N–H and O–H groups in total. The summed E-state index contributed by atoms with van der Waals surface area (Å²) in [4.78, 5) is 0. The van der Waals surface area contributed by atoms with Crippen molar-refractivity contribution >= 4 is 9.84 Å². The fourth-order valence-corrected chi connectivity index (χ4v) is 3.62. The Balaban J connectivity index is 1.98. The first-order valence-electron chi connectivity index (χ1n) is 6.58. The molecule has 1 saturated heterocycles. The van der Waals surface area contributed by atoms with Gasteiger partial charge in [-0.05, 0) is 25.8 Å². The third-order valence-electron chi connectivity index (χ3n) is 3.27. The lowest BCUT2D eigenvalue weighted by Gasteiger charge is -2.23. The van der Waals surface area contributed by atoms with Gasteiger partial charge in [-0.1, -0.05) is 32.6 Å². The van der Waals surface area contributed by atoms with Gasteiger partial charge >= 0.3 is 0 Å². The van der Waals surface area contributed by atoms with Crippen molar-refractivity contribution in [1.29, 1.82) is 0 Å². The van der Waals surface area contributed by atoms with Crippen molar-refractivity contribution in [2.45, 2.75) is 57.9 Å². The van der Waals surface area contributed by atoms with Crippen LogP contribution in [0.25, 0.3) is 0 Å². The van der Waals surface area contributed by atoms with Crippen LogP contribution in [0.4, 0.5) is 0 Å². The van der Waals surface area contributed by atoms with Gasteiger partial charge in [0.05, 0.1) is 11.5 Å². The van der Waals surface area contributed by atoms with E-state index in [0.29, 0.717) is 17.5 Å². The lowest BCUT2D eigenvalue weighted by atomic mass is 10.1. The van der Waals surface area contributed by atoms with Crippen molar-refractivity contribution in [2.75, 3.05) is 18.1 Å². The maximum Gasteiger partial charge on any atom is 0.150 e. The average molecular weight is 247 g/mol.